The van der Waals surface area contributed by atoms with Gasteiger partial charge in [-0.15, -0.1) is 0 Å². The van der Waals surface area contributed by atoms with Gasteiger partial charge in [-0.3, -0.25) is 4.98 Å². The van der Waals surface area contributed by atoms with Crippen LogP contribution < -0.4 is 9.64 Å². The summed E-state index contributed by atoms with van der Waals surface area (Å²) in [7, 11) is 2.10. The van der Waals surface area contributed by atoms with Crippen molar-refractivity contribution in [2.24, 2.45) is 0 Å². The smallest absolute Gasteiger partial charge is 0.211 e. The van der Waals surface area contributed by atoms with Crippen LogP contribution in [0.1, 0.15) is 25.1 Å². The van der Waals surface area contributed by atoms with E-state index in [-0.39, 0.29) is 5.41 Å². The highest BCUT2D eigenvalue weighted by atomic mass is 16.5. The van der Waals surface area contributed by atoms with E-state index >= 15 is 0 Å². The van der Waals surface area contributed by atoms with E-state index < -0.39 is 5.72 Å². The van der Waals surface area contributed by atoms with Crippen molar-refractivity contribution in [1.82, 2.24) is 4.98 Å². The lowest BCUT2D eigenvalue weighted by Gasteiger charge is -2.45. The van der Waals surface area contributed by atoms with Crippen molar-refractivity contribution in [2.45, 2.75) is 25.0 Å². The first-order valence-electron chi connectivity index (χ1n) is 7.23. The zero-order valence-corrected chi connectivity index (χ0v) is 12.5. The molecule has 0 saturated carbocycles. The highest BCUT2D eigenvalue weighted by molar-refractivity contribution is 5.70. The van der Waals surface area contributed by atoms with E-state index in [2.05, 4.69) is 67.2 Å². The molecule has 1 atom stereocenters. The van der Waals surface area contributed by atoms with Gasteiger partial charge in [0.05, 0.1) is 5.41 Å². The topological polar surface area (TPSA) is 25.4 Å². The zero-order chi connectivity index (χ0) is 14.7. The predicted octanol–water partition coefficient (Wildman–Crippen LogP) is 3.61. The number of para-hydroxylation sites is 1. The molecular weight excluding hydrogens is 260 g/mol. The molecule has 2 aliphatic rings. The van der Waals surface area contributed by atoms with E-state index in [0.717, 1.165) is 11.4 Å². The first-order valence-corrected chi connectivity index (χ1v) is 7.23. The standard InChI is InChI=1S/C18H18N2O/c1-17(2)13-7-4-5-8-15(13)20(3)18(17)11-10-14-16(21-18)9-6-12-19-14/h4-12H,1-3H3. The van der Waals surface area contributed by atoms with Gasteiger partial charge in [0.1, 0.15) is 11.4 Å². The lowest BCUT2D eigenvalue weighted by atomic mass is 9.76. The molecule has 0 fully saturated rings. The Bertz CT molecular complexity index is 750. The SMILES string of the molecule is CN1c2ccccc2C(C)(C)C12C=Cc1ncccc1O2. The summed E-state index contributed by atoms with van der Waals surface area (Å²) in [6, 6.07) is 12.4. The molecule has 1 spiro atoms. The number of nitrogens with zero attached hydrogens (tertiary/aromatic N) is 2. The fourth-order valence-electron chi connectivity index (χ4n) is 3.61. The fourth-order valence-corrected chi connectivity index (χ4v) is 3.61. The minimum atomic E-state index is -0.507. The first kappa shape index (κ1) is 12.5. The second-order valence-electron chi connectivity index (χ2n) is 6.22. The van der Waals surface area contributed by atoms with Crippen molar-refractivity contribution in [1.29, 1.82) is 0 Å². The van der Waals surface area contributed by atoms with Crippen molar-refractivity contribution in [3.63, 3.8) is 0 Å². The normalized spacial score (nSPS) is 24.6. The van der Waals surface area contributed by atoms with Crippen molar-refractivity contribution in [3.05, 3.63) is 59.9 Å². The van der Waals surface area contributed by atoms with Crippen molar-refractivity contribution < 1.29 is 4.74 Å². The molecule has 3 nitrogen and oxygen atoms in total. The van der Waals surface area contributed by atoms with Gasteiger partial charge in [0.2, 0.25) is 5.72 Å². The number of likely N-dealkylation sites (N-methyl/N-ethyl adjacent to an activating group) is 1. The summed E-state index contributed by atoms with van der Waals surface area (Å²) < 4.78 is 6.47. The minimum Gasteiger partial charge on any atom is -0.461 e. The van der Waals surface area contributed by atoms with Crippen molar-refractivity contribution >= 4 is 11.8 Å². The largest absolute Gasteiger partial charge is 0.461 e. The Hall–Kier alpha value is -2.29. The molecule has 3 heteroatoms. The Balaban J connectivity index is 1.92. The molecule has 0 saturated heterocycles. The van der Waals surface area contributed by atoms with E-state index in [1.54, 1.807) is 6.20 Å². The average molecular weight is 278 g/mol. The van der Waals surface area contributed by atoms with Crippen LogP contribution in [0.5, 0.6) is 5.75 Å². The number of benzene rings is 1. The van der Waals surface area contributed by atoms with Gasteiger partial charge in [-0.2, -0.15) is 0 Å². The number of hydrogen-bond acceptors (Lipinski definition) is 3. The van der Waals surface area contributed by atoms with Gasteiger partial charge in [-0.1, -0.05) is 18.2 Å². The quantitative estimate of drug-likeness (QED) is 0.736. The van der Waals surface area contributed by atoms with Crippen molar-refractivity contribution in [3.8, 4) is 5.75 Å². The number of aromatic nitrogens is 1. The Labute approximate surface area is 124 Å². The maximum absolute atomic E-state index is 6.47. The van der Waals surface area contributed by atoms with E-state index in [9.17, 15) is 0 Å². The molecule has 2 aliphatic heterocycles. The molecule has 106 valence electrons. The Morgan fingerprint density at radius 3 is 2.71 bits per heavy atom. The van der Waals surface area contributed by atoms with Crippen LogP contribution in [0, 0.1) is 0 Å². The molecule has 0 radical (unpaired) electrons. The molecular formula is C18H18N2O. The fraction of sp³-hybridized carbons (Fsp3) is 0.278. The summed E-state index contributed by atoms with van der Waals surface area (Å²) in [5.41, 5.74) is 2.77. The van der Waals surface area contributed by atoms with Gasteiger partial charge in [0.25, 0.3) is 0 Å². The maximum atomic E-state index is 6.47. The molecule has 3 heterocycles. The van der Waals surface area contributed by atoms with Gasteiger partial charge in [-0.25, -0.2) is 0 Å². The molecule has 4 rings (SSSR count). The van der Waals surface area contributed by atoms with Crippen LogP contribution in [0.3, 0.4) is 0 Å². The van der Waals surface area contributed by atoms with Crippen LogP contribution in [-0.4, -0.2) is 17.8 Å². The second-order valence-corrected chi connectivity index (χ2v) is 6.22. The summed E-state index contributed by atoms with van der Waals surface area (Å²) in [5, 5.41) is 0. The lowest BCUT2D eigenvalue weighted by Crippen LogP contribution is -2.58. The molecule has 1 aromatic carbocycles. The Kier molecular flexibility index (Phi) is 2.30. The molecule has 0 aliphatic carbocycles. The number of ether oxygens (including phenoxy) is 1. The van der Waals surface area contributed by atoms with Crippen LogP contribution in [0.15, 0.2) is 48.7 Å². The van der Waals surface area contributed by atoms with Crippen molar-refractivity contribution in [2.75, 3.05) is 11.9 Å². The highest BCUT2D eigenvalue weighted by Gasteiger charge is 2.57. The summed E-state index contributed by atoms with van der Waals surface area (Å²) in [6.07, 6.45) is 6.01. The number of pyridine rings is 1. The molecule has 21 heavy (non-hydrogen) atoms. The third-order valence-electron chi connectivity index (χ3n) is 4.86. The van der Waals surface area contributed by atoms with Gasteiger partial charge in [-0.05, 0) is 49.8 Å². The van der Waals surface area contributed by atoms with E-state index in [1.165, 1.54) is 11.3 Å². The summed E-state index contributed by atoms with van der Waals surface area (Å²) >= 11 is 0. The van der Waals surface area contributed by atoms with E-state index in [0.29, 0.717) is 0 Å². The van der Waals surface area contributed by atoms with Crippen LogP contribution in [0.25, 0.3) is 6.08 Å². The van der Waals surface area contributed by atoms with Gasteiger partial charge in [0.15, 0.2) is 0 Å². The van der Waals surface area contributed by atoms with Gasteiger partial charge in [0, 0.05) is 18.9 Å². The monoisotopic (exact) mass is 278 g/mol. The average Bonchev–Trinajstić information content (AvgIpc) is 2.67. The Morgan fingerprint density at radius 1 is 1.10 bits per heavy atom. The predicted molar refractivity (Wildman–Crippen MR) is 84.5 cm³/mol. The number of hydrogen-bond donors (Lipinski definition) is 0. The number of anilines is 1. The Morgan fingerprint density at radius 2 is 1.90 bits per heavy atom. The van der Waals surface area contributed by atoms with Crippen LogP contribution in [0.2, 0.25) is 0 Å². The molecule has 1 unspecified atom stereocenters. The second kappa shape index (κ2) is 3.88. The molecule has 0 amide bonds. The molecule has 2 aromatic rings. The maximum Gasteiger partial charge on any atom is 0.211 e. The summed E-state index contributed by atoms with van der Waals surface area (Å²) in [6.45, 7) is 4.47. The van der Waals surface area contributed by atoms with Crippen LogP contribution in [-0.2, 0) is 5.41 Å². The highest BCUT2D eigenvalue weighted by Crippen LogP contribution is 2.53. The lowest BCUT2D eigenvalue weighted by molar-refractivity contribution is 0.0576. The summed E-state index contributed by atoms with van der Waals surface area (Å²) in [4.78, 5) is 6.60. The van der Waals surface area contributed by atoms with Crippen LogP contribution in [0.4, 0.5) is 5.69 Å². The first-order chi connectivity index (χ1) is 10.1. The summed E-state index contributed by atoms with van der Waals surface area (Å²) in [5.74, 6) is 0.840. The number of fused-ring (bicyclic) bond motifs is 2. The minimum absolute atomic E-state index is 0.150. The van der Waals surface area contributed by atoms with Gasteiger partial charge < -0.3 is 9.64 Å². The molecule has 1 aromatic heterocycles. The number of rotatable bonds is 0. The van der Waals surface area contributed by atoms with Crippen LogP contribution >= 0.6 is 0 Å². The third-order valence-corrected chi connectivity index (χ3v) is 4.86. The van der Waals surface area contributed by atoms with E-state index in [1.807, 2.05) is 12.1 Å². The third kappa shape index (κ3) is 1.41. The zero-order valence-electron chi connectivity index (χ0n) is 12.5. The molecule has 0 N–H and O–H groups in total. The van der Waals surface area contributed by atoms with E-state index in [4.69, 9.17) is 4.74 Å². The van der Waals surface area contributed by atoms with Gasteiger partial charge >= 0.3 is 0 Å². The molecule has 0 bridgehead atoms.